The first-order valence-corrected chi connectivity index (χ1v) is 9.39. The van der Waals surface area contributed by atoms with Gasteiger partial charge in [0.1, 0.15) is 5.82 Å². The number of H-pyrrole nitrogens is 1. The summed E-state index contributed by atoms with van der Waals surface area (Å²) in [7, 11) is 0. The van der Waals surface area contributed by atoms with Crippen molar-refractivity contribution in [2.75, 3.05) is 0 Å². The average Bonchev–Trinajstić information content (AvgIpc) is 3.02. The lowest BCUT2D eigenvalue weighted by atomic mass is 10.2. The summed E-state index contributed by atoms with van der Waals surface area (Å²) < 4.78 is 40.2. The summed E-state index contributed by atoms with van der Waals surface area (Å²) in [5.41, 5.74) is -0.742. The van der Waals surface area contributed by atoms with E-state index in [1.54, 1.807) is 18.2 Å². The van der Waals surface area contributed by atoms with Crippen molar-refractivity contribution in [3.05, 3.63) is 62.2 Å². The molecule has 1 aromatic carbocycles. The molecule has 0 radical (unpaired) electrons. The molecule has 28 heavy (non-hydrogen) atoms. The number of hydrogen-bond donors (Lipinski definition) is 1. The van der Waals surface area contributed by atoms with Gasteiger partial charge in [0.15, 0.2) is 10.8 Å². The van der Waals surface area contributed by atoms with Gasteiger partial charge in [-0.2, -0.15) is 13.2 Å². The number of alkyl halides is 3. The second kappa shape index (κ2) is 6.94. The Labute approximate surface area is 168 Å². The number of pyridine rings is 1. The van der Waals surface area contributed by atoms with Crippen LogP contribution < -0.4 is 5.56 Å². The van der Waals surface area contributed by atoms with E-state index >= 15 is 0 Å². The Balaban J connectivity index is 1.68. The van der Waals surface area contributed by atoms with Gasteiger partial charge < -0.3 is 4.98 Å². The molecule has 0 atom stereocenters. The van der Waals surface area contributed by atoms with Crippen LogP contribution >= 0.6 is 35.0 Å². The smallest absolute Gasteiger partial charge is 0.309 e. The summed E-state index contributed by atoms with van der Waals surface area (Å²) in [4.78, 5) is 19.1. The lowest BCUT2D eigenvalue weighted by Crippen LogP contribution is -2.11. The van der Waals surface area contributed by atoms with E-state index in [0.717, 1.165) is 28.4 Å². The SMILES string of the molecule is O=c1[nH]c(CSc2nnc3c(Cl)cc(C(F)(F)F)cn23)nc2cc(Cl)ccc12. The molecule has 4 rings (SSSR count). The summed E-state index contributed by atoms with van der Waals surface area (Å²) in [5.74, 6) is 0.464. The van der Waals surface area contributed by atoms with Crippen LogP contribution in [0.2, 0.25) is 10.0 Å². The van der Waals surface area contributed by atoms with Crippen LogP contribution in [0.25, 0.3) is 16.6 Å². The number of hydrogen-bond acceptors (Lipinski definition) is 5. The molecule has 0 amide bonds. The van der Waals surface area contributed by atoms with Crippen LogP contribution in [0, 0.1) is 0 Å². The molecule has 0 aliphatic heterocycles. The molecule has 0 aliphatic carbocycles. The Morgan fingerprint density at radius 3 is 2.71 bits per heavy atom. The molecule has 0 saturated heterocycles. The Hall–Kier alpha value is -2.30. The number of aromatic nitrogens is 5. The molecule has 0 bridgehead atoms. The fourth-order valence-corrected chi connectivity index (χ4v) is 3.74. The lowest BCUT2D eigenvalue weighted by Gasteiger charge is -2.08. The monoisotopic (exact) mass is 445 g/mol. The third-order valence-electron chi connectivity index (χ3n) is 3.81. The van der Waals surface area contributed by atoms with Crippen LogP contribution in [0.15, 0.2) is 40.4 Å². The van der Waals surface area contributed by atoms with Gasteiger partial charge in [-0.05, 0) is 24.3 Å². The molecule has 6 nitrogen and oxygen atoms in total. The number of thioether (sulfide) groups is 1. The van der Waals surface area contributed by atoms with Gasteiger partial charge in [-0.25, -0.2) is 4.98 Å². The maximum absolute atomic E-state index is 13.0. The largest absolute Gasteiger partial charge is 0.417 e. The highest BCUT2D eigenvalue weighted by Crippen LogP contribution is 2.33. The first-order chi connectivity index (χ1) is 13.2. The van der Waals surface area contributed by atoms with Gasteiger partial charge in [-0.3, -0.25) is 9.20 Å². The Kier molecular flexibility index (Phi) is 4.72. The molecule has 0 aliphatic rings. The van der Waals surface area contributed by atoms with E-state index in [-0.39, 0.29) is 27.1 Å². The molecular weight excluding hydrogens is 438 g/mol. The van der Waals surface area contributed by atoms with Crippen LogP contribution in [0.5, 0.6) is 0 Å². The highest BCUT2D eigenvalue weighted by molar-refractivity contribution is 7.98. The van der Waals surface area contributed by atoms with Crippen molar-refractivity contribution in [3.63, 3.8) is 0 Å². The van der Waals surface area contributed by atoms with Crippen molar-refractivity contribution in [2.45, 2.75) is 17.1 Å². The second-order valence-corrected chi connectivity index (χ2v) is 7.50. The predicted molar refractivity (Wildman–Crippen MR) is 99.9 cm³/mol. The second-order valence-electron chi connectivity index (χ2n) is 5.71. The summed E-state index contributed by atoms with van der Waals surface area (Å²) in [6, 6.07) is 5.50. The highest BCUT2D eigenvalue weighted by atomic mass is 35.5. The predicted octanol–water partition coefficient (Wildman–Crippen LogP) is 4.58. The van der Waals surface area contributed by atoms with Gasteiger partial charge in [-0.15, -0.1) is 10.2 Å². The molecule has 0 spiro atoms. The number of fused-ring (bicyclic) bond motifs is 2. The minimum atomic E-state index is -4.56. The van der Waals surface area contributed by atoms with Crippen LogP contribution in [-0.2, 0) is 11.9 Å². The minimum Gasteiger partial charge on any atom is -0.309 e. The van der Waals surface area contributed by atoms with Gasteiger partial charge in [0.2, 0.25) is 0 Å². The van der Waals surface area contributed by atoms with Gasteiger partial charge in [0, 0.05) is 11.2 Å². The summed E-state index contributed by atoms with van der Waals surface area (Å²) >= 11 is 12.9. The first kappa shape index (κ1) is 19.0. The van der Waals surface area contributed by atoms with Crippen LogP contribution in [0.3, 0.4) is 0 Å². The summed E-state index contributed by atoms with van der Waals surface area (Å²) in [6.07, 6.45) is -3.69. The van der Waals surface area contributed by atoms with Crippen molar-refractivity contribution < 1.29 is 13.2 Å². The van der Waals surface area contributed by atoms with E-state index in [0.29, 0.717) is 21.7 Å². The molecule has 1 N–H and O–H groups in total. The van der Waals surface area contributed by atoms with Crippen molar-refractivity contribution in [3.8, 4) is 0 Å². The third kappa shape index (κ3) is 3.54. The molecule has 12 heteroatoms. The summed E-state index contributed by atoms with van der Waals surface area (Å²) in [6.45, 7) is 0. The number of rotatable bonds is 3. The maximum Gasteiger partial charge on any atom is 0.417 e. The Bertz CT molecular complexity index is 1270. The van der Waals surface area contributed by atoms with Crippen molar-refractivity contribution >= 4 is 51.5 Å². The standard InChI is InChI=1S/C16H8Cl2F3N5OS/c17-8-1-2-9-11(4-8)22-12(23-14(9)27)6-28-15-25-24-13-10(18)3-7(5-26(13)15)16(19,20)21/h1-5H,6H2,(H,22,23,27). The lowest BCUT2D eigenvalue weighted by molar-refractivity contribution is -0.137. The normalized spacial score (nSPS) is 12.2. The van der Waals surface area contributed by atoms with Gasteiger partial charge in [-0.1, -0.05) is 35.0 Å². The zero-order valence-corrected chi connectivity index (χ0v) is 15.9. The first-order valence-electron chi connectivity index (χ1n) is 7.65. The van der Waals surface area contributed by atoms with Crippen LogP contribution in [-0.4, -0.2) is 24.6 Å². The number of halogens is 5. The van der Waals surface area contributed by atoms with Crippen molar-refractivity contribution in [2.24, 2.45) is 0 Å². The van der Waals surface area contributed by atoms with E-state index in [1.807, 2.05) is 0 Å². The van der Waals surface area contributed by atoms with E-state index in [9.17, 15) is 18.0 Å². The Morgan fingerprint density at radius 2 is 1.96 bits per heavy atom. The maximum atomic E-state index is 13.0. The highest BCUT2D eigenvalue weighted by Gasteiger charge is 2.32. The van der Waals surface area contributed by atoms with Crippen LogP contribution in [0.4, 0.5) is 13.2 Å². The molecule has 4 aromatic rings. The molecule has 0 saturated carbocycles. The number of aromatic amines is 1. The quantitative estimate of drug-likeness (QED) is 0.467. The number of nitrogens with zero attached hydrogens (tertiary/aromatic N) is 4. The summed E-state index contributed by atoms with van der Waals surface area (Å²) in [5, 5.41) is 8.52. The van der Waals surface area contributed by atoms with Gasteiger partial charge in [0.25, 0.3) is 5.56 Å². The van der Waals surface area contributed by atoms with E-state index < -0.39 is 11.7 Å². The van der Waals surface area contributed by atoms with Gasteiger partial charge >= 0.3 is 6.18 Å². The Morgan fingerprint density at radius 1 is 1.18 bits per heavy atom. The topological polar surface area (TPSA) is 75.9 Å². The molecule has 3 aromatic heterocycles. The third-order valence-corrected chi connectivity index (χ3v) is 5.28. The van der Waals surface area contributed by atoms with E-state index in [4.69, 9.17) is 23.2 Å². The number of benzene rings is 1. The fraction of sp³-hybridized carbons (Fsp3) is 0.125. The number of nitrogens with one attached hydrogen (secondary N) is 1. The fourth-order valence-electron chi connectivity index (χ4n) is 2.55. The zero-order valence-electron chi connectivity index (χ0n) is 13.6. The molecular formula is C16H8Cl2F3N5OS. The zero-order chi connectivity index (χ0) is 20.1. The molecule has 0 unspecified atom stereocenters. The van der Waals surface area contributed by atoms with Crippen molar-refractivity contribution in [1.29, 1.82) is 0 Å². The van der Waals surface area contributed by atoms with E-state index in [2.05, 4.69) is 20.2 Å². The minimum absolute atomic E-state index is 0.101. The van der Waals surface area contributed by atoms with E-state index in [1.165, 1.54) is 0 Å². The molecule has 0 fully saturated rings. The average molecular weight is 446 g/mol. The molecule has 144 valence electrons. The van der Waals surface area contributed by atoms with Crippen LogP contribution in [0.1, 0.15) is 11.4 Å². The van der Waals surface area contributed by atoms with Crippen molar-refractivity contribution in [1.82, 2.24) is 24.6 Å². The molecule has 3 heterocycles. The van der Waals surface area contributed by atoms with Gasteiger partial charge in [0.05, 0.1) is 27.2 Å².